The Kier molecular flexibility index (Phi) is 12.0. The molecule has 1 fully saturated rings. The molecule has 8 heteroatoms. The molecule has 1 atom stereocenters. The van der Waals surface area contributed by atoms with Crippen molar-refractivity contribution in [3.8, 4) is 0 Å². The van der Waals surface area contributed by atoms with Crippen LogP contribution in [0.3, 0.4) is 0 Å². The predicted octanol–water partition coefficient (Wildman–Crippen LogP) is 6.19. The van der Waals surface area contributed by atoms with Gasteiger partial charge in [0.05, 0.1) is 11.9 Å². The molecule has 0 aromatic heterocycles. The molecular weight excluding hydrogens is 570 g/mol. The van der Waals surface area contributed by atoms with Crippen LogP contribution >= 0.6 is 0 Å². The summed E-state index contributed by atoms with van der Waals surface area (Å²) in [4.78, 5) is 29.8. The summed E-state index contributed by atoms with van der Waals surface area (Å²) in [6.07, 6.45) is 8.19. The van der Waals surface area contributed by atoms with Gasteiger partial charge in [0, 0.05) is 32.0 Å². The number of benzene rings is 3. The van der Waals surface area contributed by atoms with Crippen molar-refractivity contribution in [2.75, 3.05) is 17.1 Å². The van der Waals surface area contributed by atoms with Crippen molar-refractivity contribution in [3.05, 3.63) is 101 Å². The Morgan fingerprint density at radius 2 is 1.57 bits per heavy atom. The Hall–Kier alpha value is -3.65. The molecular formula is C36H47N3O4S. The molecule has 0 heterocycles. The Labute approximate surface area is 263 Å². The largest absolute Gasteiger partial charge is 0.352 e. The smallest absolute Gasteiger partial charge is 0.243 e. The first-order chi connectivity index (χ1) is 21.1. The molecule has 3 aromatic rings. The molecule has 3 aromatic carbocycles. The highest BCUT2D eigenvalue weighted by Gasteiger charge is 2.32. The van der Waals surface area contributed by atoms with Crippen molar-refractivity contribution >= 4 is 27.5 Å². The van der Waals surface area contributed by atoms with Crippen LogP contribution in [-0.2, 0) is 39.0 Å². The molecule has 0 saturated heterocycles. The third-order valence-corrected chi connectivity index (χ3v) is 9.64. The number of sulfonamides is 1. The molecule has 0 bridgehead atoms. The van der Waals surface area contributed by atoms with Crippen LogP contribution in [0.15, 0.2) is 78.9 Å². The summed E-state index contributed by atoms with van der Waals surface area (Å²) in [5.41, 5.74) is 4.73. The van der Waals surface area contributed by atoms with Crippen LogP contribution in [0, 0.1) is 6.92 Å². The van der Waals surface area contributed by atoms with Crippen LogP contribution < -0.4 is 9.62 Å². The van der Waals surface area contributed by atoms with Crippen molar-refractivity contribution in [2.24, 2.45) is 0 Å². The van der Waals surface area contributed by atoms with E-state index in [-0.39, 0.29) is 30.8 Å². The summed E-state index contributed by atoms with van der Waals surface area (Å²) >= 11 is 0. The quantitative estimate of drug-likeness (QED) is 0.234. The zero-order chi connectivity index (χ0) is 31.5. The van der Waals surface area contributed by atoms with Crippen molar-refractivity contribution in [3.63, 3.8) is 0 Å². The van der Waals surface area contributed by atoms with Crippen LogP contribution in [0.1, 0.15) is 74.1 Å². The van der Waals surface area contributed by atoms with Gasteiger partial charge in [-0.15, -0.1) is 0 Å². The van der Waals surface area contributed by atoms with E-state index in [1.54, 1.807) is 4.90 Å². The van der Waals surface area contributed by atoms with Crippen molar-refractivity contribution in [1.29, 1.82) is 0 Å². The minimum atomic E-state index is -3.55. The summed E-state index contributed by atoms with van der Waals surface area (Å²) in [5, 5.41) is 3.28. The summed E-state index contributed by atoms with van der Waals surface area (Å²) in [5.74, 6) is -0.295. The van der Waals surface area contributed by atoms with E-state index in [0.717, 1.165) is 54.4 Å². The fraction of sp³-hybridized carbons (Fsp3) is 0.444. The second-order valence-electron chi connectivity index (χ2n) is 12.0. The molecule has 0 unspecified atom stereocenters. The van der Waals surface area contributed by atoms with E-state index in [2.05, 4.69) is 12.2 Å². The van der Waals surface area contributed by atoms with Gasteiger partial charge in [0.15, 0.2) is 0 Å². The highest BCUT2D eigenvalue weighted by atomic mass is 32.2. The van der Waals surface area contributed by atoms with Crippen molar-refractivity contribution in [1.82, 2.24) is 10.2 Å². The second kappa shape index (κ2) is 15.9. The van der Waals surface area contributed by atoms with E-state index >= 15 is 0 Å². The first kappa shape index (κ1) is 33.2. The summed E-state index contributed by atoms with van der Waals surface area (Å²) in [6, 6.07) is 24.8. The average Bonchev–Trinajstić information content (AvgIpc) is 3.01. The lowest BCUT2D eigenvalue weighted by Crippen LogP contribution is -2.53. The Balaban J connectivity index is 1.58. The number of rotatable bonds is 14. The minimum Gasteiger partial charge on any atom is -0.352 e. The van der Waals surface area contributed by atoms with Gasteiger partial charge in [-0.1, -0.05) is 98.5 Å². The number of amides is 2. The van der Waals surface area contributed by atoms with Gasteiger partial charge in [-0.25, -0.2) is 8.42 Å². The van der Waals surface area contributed by atoms with E-state index in [1.807, 2.05) is 85.8 Å². The van der Waals surface area contributed by atoms with Gasteiger partial charge < -0.3 is 10.2 Å². The van der Waals surface area contributed by atoms with Gasteiger partial charge in [0.1, 0.15) is 6.04 Å². The Bertz CT molecular complexity index is 1470. The average molecular weight is 618 g/mol. The van der Waals surface area contributed by atoms with Crippen LogP contribution in [0.4, 0.5) is 5.69 Å². The number of hydrogen-bond acceptors (Lipinski definition) is 4. The number of hydrogen-bond donors (Lipinski definition) is 1. The SMILES string of the molecule is CCc1ccc(N(CCCC(=O)N(Cc2cccc(C)c2)[C@H](Cc2ccccc2)C(=O)NC2CCCCC2)S(C)(=O)=O)cc1. The Morgan fingerprint density at radius 3 is 2.20 bits per heavy atom. The number of nitrogens with one attached hydrogen (secondary N) is 1. The van der Waals surface area contributed by atoms with E-state index in [4.69, 9.17) is 0 Å². The first-order valence-corrected chi connectivity index (χ1v) is 17.7. The van der Waals surface area contributed by atoms with Gasteiger partial charge in [-0.3, -0.25) is 13.9 Å². The van der Waals surface area contributed by atoms with Crippen LogP contribution in [0.25, 0.3) is 0 Å². The highest BCUT2D eigenvalue weighted by Crippen LogP contribution is 2.22. The standard InChI is InChI=1S/C36H47N3O4S/c1-4-29-20-22-33(23-21-29)39(44(3,42)43)24-12-19-35(40)38(27-31-16-11-13-28(2)25-31)34(26-30-14-7-5-8-15-30)36(41)37-32-17-9-6-10-18-32/h5,7-8,11,13-16,20-23,25,32,34H,4,6,9-10,12,17-19,24,26-27H2,1-3H3,(H,37,41)/t34-/m1/s1. The fourth-order valence-corrected chi connectivity index (χ4v) is 6.97. The minimum absolute atomic E-state index is 0.118. The highest BCUT2D eigenvalue weighted by molar-refractivity contribution is 7.92. The molecule has 1 saturated carbocycles. The van der Waals surface area contributed by atoms with Crippen LogP contribution in [-0.4, -0.2) is 50.0 Å². The van der Waals surface area contributed by atoms with E-state index in [9.17, 15) is 18.0 Å². The van der Waals surface area contributed by atoms with Crippen molar-refractivity contribution < 1.29 is 18.0 Å². The number of carbonyl (C=O) groups is 2. The monoisotopic (exact) mass is 617 g/mol. The molecule has 0 spiro atoms. The molecule has 2 amide bonds. The predicted molar refractivity (Wildman–Crippen MR) is 178 cm³/mol. The molecule has 1 aliphatic rings. The number of carbonyl (C=O) groups excluding carboxylic acids is 2. The maximum absolute atomic E-state index is 14.1. The third kappa shape index (κ3) is 9.68. The Morgan fingerprint density at radius 1 is 0.886 bits per heavy atom. The topological polar surface area (TPSA) is 86.8 Å². The number of anilines is 1. The zero-order valence-corrected chi connectivity index (χ0v) is 27.2. The number of nitrogens with zero attached hydrogens (tertiary/aromatic N) is 2. The molecule has 44 heavy (non-hydrogen) atoms. The molecule has 1 aliphatic carbocycles. The zero-order valence-electron chi connectivity index (χ0n) is 26.4. The molecule has 1 N–H and O–H groups in total. The summed E-state index contributed by atoms with van der Waals surface area (Å²) in [6.45, 7) is 4.54. The van der Waals surface area contributed by atoms with Gasteiger partial charge in [-0.2, -0.15) is 0 Å². The van der Waals surface area contributed by atoms with Gasteiger partial charge in [-0.05, 0) is 61.4 Å². The normalized spacial score (nSPS) is 14.5. The molecule has 236 valence electrons. The molecule has 7 nitrogen and oxygen atoms in total. The number of aryl methyl sites for hydroxylation is 2. The lowest BCUT2D eigenvalue weighted by molar-refractivity contribution is -0.141. The lowest BCUT2D eigenvalue weighted by atomic mass is 9.94. The van der Waals surface area contributed by atoms with Crippen molar-refractivity contribution in [2.45, 2.75) is 90.3 Å². The maximum Gasteiger partial charge on any atom is 0.243 e. The second-order valence-corrected chi connectivity index (χ2v) is 13.9. The third-order valence-electron chi connectivity index (χ3n) is 8.44. The van der Waals surface area contributed by atoms with E-state index < -0.39 is 16.1 Å². The van der Waals surface area contributed by atoms with Crippen LogP contribution in [0.5, 0.6) is 0 Å². The molecule has 0 aliphatic heterocycles. The van der Waals surface area contributed by atoms with E-state index in [1.165, 1.54) is 17.0 Å². The van der Waals surface area contributed by atoms with Gasteiger partial charge in [0.2, 0.25) is 21.8 Å². The lowest BCUT2D eigenvalue weighted by Gasteiger charge is -2.34. The summed E-state index contributed by atoms with van der Waals surface area (Å²) < 4.78 is 26.8. The van der Waals surface area contributed by atoms with Gasteiger partial charge >= 0.3 is 0 Å². The van der Waals surface area contributed by atoms with E-state index in [0.29, 0.717) is 25.1 Å². The van der Waals surface area contributed by atoms with Crippen LogP contribution in [0.2, 0.25) is 0 Å². The molecule has 0 radical (unpaired) electrons. The first-order valence-electron chi connectivity index (χ1n) is 15.9. The van der Waals surface area contributed by atoms with Gasteiger partial charge in [0.25, 0.3) is 0 Å². The maximum atomic E-state index is 14.1. The summed E-state index contributed by atoms with van der Waals surface area (Å²) in [7, 11) is -3.55. The molecule has 4 rings (SSSR count). The fourth-order valence-electron chi connectivity index (χ4n) is 6.01.